The van der Waals surface area contributed by atoms with E-state index in [-0.39, 0.29) is 5.54 Å². The van der Waals surface area contributed by atoms with Gasteiger partial charge < -0.3 is 10.6 Å². The predicted molar refractivity (Wildman–Crippen MR) is 88.3 cm³/mol. The molecule has 0 saturated carbocycles. The third-order valence-corrected chi connectivity index (χ3v) is 5.15. The second-order valence-electron chi connectivity index (χ2n) is 6.38. The Morgan fingerprint density at radius 1 is 1.30 bits per heavy atom. The van der Waals surface area contributed by atoms with Crippen LogP contribution in [0.4, 0.5) is 5.69 Å². The first-order valence-electron chi connectivity index (χ1n) is 8.22. The SMILES string of the molecule is CCC(C)CC(CC)(CN)N1CCCc2ccccc21. The van der Waals surface area contributed by atoms with E-state index in [1.807, 2.05) is 0 Å². The summed E-state index contributed by atoms with van der Waals surface area (Å²) in [5.74, 6) is 0.729. The van der Waals surface area contributed by atoms with Crippen LogP contribution in [0.15, 0.2) is 24.3 Å². The molecule has 112 valence electrons. The molecule has 2 rings (SSSR count). The molecule has 2 heteroatoms. The molecule has 2 N–H and O–H groups in total. The molecule has 1 aliphatic heterocycles. The molecule has 1 aliphatic rings. The van der Waals surface area contributed by atoms with E-state index in [1.54, 1.807) is 0 Å². The van der Waals surface area contributed by atoms with Crippen LogP contribution in [0.1, 0.15) is 52.0 Å². The van der Waals surface area contributed by atoms with Gasteiger partial charge in [-0.3, -0.25) is 0 Å². The third-order valence-electron chi connectivity index (χ3n) is 5.15. The van der Waals surface area contributed by atoms with E-state index in [1.165, 1.54) is 36.9 Å². The Hall–Kier alpha value is -1.02. The molecule has 0 spiro atoms. The molecule has 1 aromatic rings. The fraction of sp³-hybridized carbons (Fsp3) is 0.667. The number of nitrogens with zero attached hydrogens (tertiary/aromatic N) is 1. The van der Waals surface area contributed by atoms with Crippen LogP contribution in [0.25, 0.3) is 0 Å². The minimum atomic E-state index is 0.131. The monoisotopic (exact) mass is 274 g/mol. The van der Waals surface area contributed by atoms with Crippen LogP contribution in [0.3, 0.4) is 0 Å². The molecule has 0 bridgehead atoms. The van der Waals surface area contributed by atoms with Crippen LogP contribution in [0.2, 0.25) is 0 Å². The maximum absolute atomic E-state index is 6.27. The highest BCUT2D eigenvalue weighted by Gasteiger charge is 2.37. The van der Waals surface area contributed by atoms with Crippen molar-refractivity contribution in [3.05, 3.63) is 29.8 Å². The number of hydrogen-bond acceptors (Lipinski definition) is 2. The second-order valence-corrected chi connectivity index (χ2v) is 6.38. The van der Waals surface area contributed by atoms with E-state index in [0.717, 1.165) is 25.4 Å². The lowest BCUT2D eigenvalue weighted by Crippen LogP contribution is -2.56. The first-order valence-corrected chi connectivity index (χ1v) is 8.22. The summed E-state index contributed by atoms with van der Waals surface area (Å²) >= 11 is 0. The minimum Gasteiger partial charge on any atom is -0.364 e. The molecule has 2 unspecified atom stereocenters. The summed E-state index contributed by atoms with van der Waals surface area (Å²) < 4.78 is 0. The lowest BCUT2D eigenvalue weighted by Gasteiger charge is -2.48. The number of fused-ring (bicyclic) bond motifs is 1. The van der Waals surface area contributed by atoms with Gasteiger partial charge in [0.1, 0.15) is 0 Å². The third kappa shape index (κ3) is 2.85. The van der Waals surface area contributed by atoms with Crippen molar-refractivity contribution in [3.63, 3.8) is 0 Å². The highest BCUT2D eigenvalue weighted by molar-refractivity contribution is 5.57. The number of anilines is 1. The van der Waals surface area contributed by atoms with Gasteiger partial charge in [-0.15, -0.1) is 0 Å². The van der Waals surface area contributed by atoms with Crippen molar-refractivity contribution >= 4 is 5.69 Å². The van der Waals surface area contributed by atoms with Crippen molar-refractivity contribution in [1.29, 1.82) is 0 Å². The van der Waals surface area contributed by atoms with E-state index in [9.17, 15) is 0 Å². The Morgan fingerprint density at radius 3 is 2.70 bits per heavy atom. The summed E-state index contributed by atoms with van der Waals surface area (Å²) in [5.41, 5.74) is 9.32. The summed E-state index contributed by atoms with van der Waals surface area (Å²) in [5, 5.41) is 0. The largest absolute Gasteiger partial charge is 0.364 e. The highest BCUT2D eigenvalue weighted by Crippen LogP contribution is 2.37. The van der Waals surface area contributed by atoms with Crippen LogP contribution in [0, 0.1) is 5.92 Å². The van der Waals surface area contributed by atoms with Crippen molar-refractivity contribution < 1.29 is 0 Å². The standard InChI is InChI=1S/C18H30N2/c1-4-15(3)13-18(5-2,14-19)20-12-8-10-16-9-6-7-11-17(16)20/h6-7,9,11,15H,4-5,8,10,12-14,19H2,1-3H3. The zero-order chi connectivity index (χ0) is 14.6. The van der Waals surface area contributed by atoms with E-state index in [4.69, 9.17) is 5.73 Å². The van der Waals surface area contributed by atoms with E-state index < -0.39 is 0 Å². The molecule has 20 heavy (non-hydrogen) atoms. The second kappa shape index (κ2) is 6.62. The molecule has 0 amide bonds. The van der Waals surface area contributed by atoms with Gasteiger partial charge in [0, 0.05) is 18.8 Å². The van der Waals surface area contributed by atoms with Crippen molar-refractivity contribution in [1.82, 2.24) is 0 Å². The number of hydrogen-bond donors (Lipinski definition) is 1. The Kier molecular flexibility index (Phi) is 5.09. The number of rotatable bonds is 6. The molecule has 0 aromatic heterocycles. The molecule has 2 nitrogen and oxygen atoms in total. The number of benzene rings is 1. The zero-order valence-electron chi connectivity index (χ0n) is 13.4. The summed E-state index contributed by atoms with van der Waals surface area (Å²) in [6.45, 7) is 8.84. The molecule has 0 saturated heterocycles. The Bertz CT molecular complexity index is 423. The topological polar surface area (TPSA) is 29.3 Å². The van der Waals surface area contributed by atoms with Gasteiger partial charge in [-0.25, -0.2) is 0 Å². The Morgan fingerprint density at radius 2 is 2.05 bits per heavy atom. The van der Waals surface area contributed by atoms with Gasteiger partial charge in [-0.1, -0.05) is 45.4 Å². The lowest BCUT2D eigenvalue weighted by atomic mass is 9.81. The van der Waals surface area contributed by atoms with Crippen molar-refractivity contribution in [2.75, 3.05) is 18.0 Å². The molecular formula is C18H30N2. The van der Waals surface area contributed by atoms with E-state index in [0.29, 0.717) is 0 Å². The molecule has 0 fully saturated rings. The van der Waals surface area contributed by atoms with Crippen LogP contribution in [-0.4, -0.2) is 18.6 Å². The average Bonchev–Trinajstić information content (AvgIpc) is 2.52. The first-order chi connectivity index (χ1) is 9.66. The molecule has 0 radical (unpaired) electrons. The van der Waals surface area contributed by atoms with Gasteiger partial charge in [0.25, 0.3) is 0 Å². The predicted octanol–water partition coefficient (Wildman–Crippen LogP) is 3.98. The molecular weight excluding hydrogens is 244 g/mol. The van der Waals surface area contributed by atoms with Crippen molar-refractivity contribution in [3.8, 4) is 0 Å². The van der Waals surface area contributed by atoms with Crippen LogP contribution < -0.4 is 10.6 Å². The molecule has 1 aromatic carbocycles. The zero-order valence-corrected chi connectivity index (χ0v) is 13.4. The average molecular weight is 274 g/mol. The Balaban J connectivity index is 2.35. The summed E-state index contributed by atoms with van der Waals surface area (Å²) in [7, 11) is 0. The molecule has 2 atom stereocenters. The van der Waals surface area contributed by atoms with Gasteiger partial charge in [0.2, 0.25) is 0 Å². The number of para-hydroxylation sites is 1. The fourth-order valence-electron chi connectivity index (χ4n) is 3.60. The Labute approximate surface area is 124 Å². The number of nitrogens with two attached hydrogens (primary N) is 1. The van der Waals surface area contributed by atoms with Gasteiger partial charge in [-0.2, -0.15) is 0 Å². The van der Waals surface area contributed by atoms with Crippen molar-refractivity contribution in [2.45, 2.75) is 58.4 Å². The molecule has 1 heterocycles. The van der Waals surface area contributed by atoms with Crippen LogP contribution in [0.5, 0.6) is 0 Å². The van der Waals surface area contributed by atoms with Crippen LogP contribution in [-0.2, 0) is 6.42 Å². The summed E-state index contributed by atoms with van der Waals surface area (Å²) in [6, 6.07) is 8.89. The molecule has 0 aliphatic carbocycles. The normalized spacial score (nSPS) is 19.3. The van der Waals surface area contributed by atoms with Gasteiger partial charge in [-0.05, 0) is 43.2 Å². The smallest absolute Gasteiger partial charge is 0.0524 e. The highest BCUT2D eigenvalue weighted by atomic mass is 15.2. The lowest BCUT2D eigenvalue weighted by molar-refractivity contribution is 0.292. The van der Waals surface area contributed by atoms with E-state index in [2.05, 4.69) is 49.9 Å². The number of aryl methyl sites for hydroxylation is 1. The first kappa shape index (κ1) is 15.4. The fourth-order valence-corrected chi connectivity index (χ4v) is 3.60. The summed E-state index contributed by atoms with van der Waals surface area (Å²) in [6.07, 6.45) is 6.02. The van der Waals surface area contributed by atoms with E-state index >= 15 is 0 Å². The van der Waals surface area contributed by atoms with Gasteiger partial charge in [0.05, 0.1) is 5.54 Å². The van der Waals surface area contributed by atoms with Crippen molar-refractivity contribution in [2.24, 2.45) is 11.7 Å². The maximum Gasteiger partial charge on any atom is 0.0524 e. The maximum atomic E-state index is 6.27. The quantitative estimate of drug-likeness (QED) is 0.850. The van der Waals surface area contributed by atoms with Gasteiger partial charge >= 0.3 is 0 Å². The van der Waals surface area contributed by atoms with Gasteiger partial charge in [0.15, 0.2) is 0 Å². The van der Waals surface area contributed by atoms with Crippen LogP contribution >= 0.6 is 0 Å². The minimum absolute atomic E-state index is 0.131. The summed E-state index contributed by atoms with van der Waals surface area (Å²) in [4.78, 5) is 2.62.